The largest absolute Gasteiger partial charge is 0.508 e. The van der Waals surface area contributed by atoms with Gasteiger partial charge in [0.25, 0.3) is 0 Å². The molecule has 0 radical (unpaired) electrons. The standard InChI is InChI=1S/C16H17BrO2/c1-10-3-5-12(9-14(10)18)6-8-13-7-4-11(2)15(17)16(13)19/h3-5,7,9,18-19H,6,8H2,1-2H3. The monoisotopic (exact) mass is 320 g/mol. The van der Waals surface area contributed by atoms with Crippen LogP contribution in [-0.2, 0) is 12.8 Å². The Hall–Kier alpha value is -1.48. The van der Waals surface area contributed by atoms with Crippen molar-refractivity contribution in [2.45, 2.75) is 26.7 Å². The number of aryl methyl sites for hydroxylation is 4. The van der Waals surface area contributed by atoms with Crippen molar-refractivity contribution < 1.29 is 10.2 Å². The maximum Gasteiger partial charge on any atom is 0.133 e. The lowest BCUT2D eigenvalue weighted by Gasteiger charge is -2.09. The van der Waals surface area contributed by atoms with Crippen LogP contribution in [0.4, 0.5) is 0 Å². The Morgan fingerprint density at radius 3 is 2.32 bits per heavy atom. The maximum atomic E-state index is 10.1. The zero-order chi connectivity index (χ0) is 14.0. The van der Waals surface area contributed by atoms with Crippen molar-refractivity contribution in [3.63, 3.8) is 0 Å². The van der Waals surface area contributed by atoms with Crippen LogP contribution in [0.5, 0.6) is 11.5 Å². The topological polar surface area (TPSA) is 40.5 Å². The van der Waals surface area contributed by atoms with Gasteiger partial charge in [0, 0.05) is 0 Å². The van der Waals surface area contributed by atoms with Gasteiger partial charge in [0.1, 0.15) is 11.5 Å². The zero-order valence-corrected chi connectivity index (χ0v) is 12.7. The van der Waals surface area contributed by atoms with Gasteiger partial charge in [-0.3, -0.25) is 0 Å². The lowest BCUT2D eigenvalue weighted by Crippen LogP contribution is -1.93. The average Bonchev–Trinajstić information content (AvgIpc) is 2.39. The summed E-state index contributed by atoms with van der Waals surface area (Å²) in [6.45, 7) is 3.83. The predicted octanol–water partition coefficient (Wildman–Crippen LogP) is 4.26. The first-order valence-corrected chi connectivity index (χ1v) is 7.04. The Morgan fingerprint density at radius 1 is 0.947 bits per heavy atom. The number of phenolic OH excluding ortho intramolecular Hbond substituents is 2. The molecule has 0 amide bonds. The number of hydrogen-bond acceptors (Lipinski definition) is 2. The zero-order valence-electron chi connectivity index (χ0n) is 11.1. The summed E-state index contributed by atoms with van der Waals surface area (Å²) < 4.78 is 0.761. The average molecular weight is 321 g/mol. The molecule has 0 heterocycles. The van der Waals surface area contributed by atoms with Gasteiger partial charge >= 0.3 is 0 Å². The molecule has 2 rings (SSSR count). The smallest absolute Gasteiger partial charge is 0.133 e. The van der Waals surface area contributed by atoms with Crippen LogP contribution in [0.3, 0.4) is 0 Å². The van der Waals surface area contributed by atoms with Gasteiger partial charge in [-0.2, -0.15) is 0 Å². The van der Waals surface area contributed by atoms with E-state index in [2.05, 4.69) is 15.9 Å². The van der Waals surface area contributed by atoms with Crippen molar-refractivity contribution >= 4 is 15.9 Å². The van der Waals surface area contributed by atoms with Crippen LogP contribution >= 0.6 is 15.9 Å². The molecule has 2 aromatic rings. The van der Waals surface area contributed by atoms with Crippen LogP contribution in [0.2, 0.25) is 0 Å². The molecule has 2 nitrogen and oxygen atoms in total. The van der Waals surface area contributed by atoms with Crippen LogP contribution < -0.4 is 0 Å². The third kappa shape index (κ3) is 3.10. The molecule has 0 saturated carbocycles. The van der Waals surface area contributed by atoms with Crippen molar-refractivity contribution in [3.8, 4) is 11.5 Å². The summed E-state index contributed by atoms with van der Waals surface area (Å²) in [6, 6.07) is 9.65. The molecule has 3 heteroatoms. The number of halogens is 1. The molecule has 0 aliphatic heterocycles. The number of hydrogen-bond donors (Lipinski definition) is 2. The first kappa shape index (κ1) is 13.9. The molecule has 0 aliphatic carbocycles. The summed E-state index contributed by atoms with van der Waals surface area (Å²) >= 11 is 3.39. The van der Waals surface area contributed by atoms with E-state index in [-0.39, 0.29) is 0 Å². The molecule has 0 atom stereocenters. The Morgan fingerprint density at radius 2 is 1.63 bits per heavy atom. The number of benzene rings is 2. The van der Waals surface area contributed by atoms with E-state index in [0.717, 1.165) is 39.6 Å². The van der Waals surface area contributed by atoms with Crippen LogP contribution in [0.25, 0.3) is 0 Å². The second-order valence-electron chi connectivity index (χ2n) is 4.83. The van der Waals surface area contributed by atoms with Gasteiger partial charge in [-0.25, -0.2) is 0 Å². The summed E-state index contributed by atoms with van der Waals surface area (Å²) in [5.74, 6) is 0.642. The second-order valence-corrected chi connectivity index (χ2v) is 5.62. The van der Waals surface area contributed by atoms with Gasteiger partial charge < -0.3 is 10.2 Å². The fraction of sp³-hybridized carbons (Fsp3) is 0.250. The SMILES string of the molecule is Cc1ccc(CCc2ccc(C)c(Br)c2O)cc1O. The first-order chi connectivity index (χ1) is 8.99. The fourth-order valence-corrected chi connectivity index (χ4v) is 2.38. The quantitative estimate of drug-likeness (QED) is 0.887. The maximum absolute atomic E-state index is 10.1. The first-order valence-electron chi connectivity index (χ1n) is 6.24. The van der Waals surface area contributed by atoms with Crippen LogP contribution in [-0.4, -0.2) is 10.2 Å². The highest BCUT2D eigenvalue weighted by atomic mass is 79.9. The van der Waals surface area contributed by atoms with Crippen molar-refractivity contribution in [3.05, 3.63) is 57.1 Å². The van der Waals surface area contributed by atoms with Gasteiger partial charge in [-0.1, -0.05) is 24.3 Å². The highest BCUT2D eigenvalue weighted by Gasteiger charge is 2.08. The van der Waals surface area contributed by atoms with E-state index in [9.17, 15) is 10.2 Å². The van der Waals surface area contributed by atoms with Gasteiger partial charge in [-0.05, 0) is 70.9 Å². The van der Waals surface area contributed by atoms with E-state index in [4.69, 9.17) is 0 Å². The van der Waals surface area contributed by atoms with Crippen LogP contribution in [0.15, 0.2) is 34.8 Å². The third-order valence-corrected chi connectivity index (χ3v) is 4.35. The number of aromatic hydroxyl groups is 2. The molecule has 19 heavy (non-hydrogen) atoms. The summed E-state index contributed by atoms with van der Waals surface area (Å²) in [6.07, 6.45) is 1.53. The van der Waals surface area contributed by atoms with Gasteiger partial charge in [0.2, 0.25) is 0 Å². The highest BCUT2D eigenvalue weighted by molar-refractivity contribution is 9.10. The minimum atomic E-state index is 0.316. The molecule has 0 aliphatic rings. The van der Waals surface area contributed by atoms with Crippen LogP contribution in [0.1, 0.15) is 22.3 Å². The Kier molecular flexibility index (Phi) is 4.15. The van der Waals surface area contributed by atoms with E-state index in [1.807, 2.05) is 38.1 Å². The van der Waals surface area contributed by atoms with Crippen LogP contribution in [0, 0.1) is 13.8 Å². The van der Waals surface area contributed by atoms with Gasteiger partial charge in [0.05, 0.1) is 4.47 Å². The van der Waals surface area contributed by atoms with E-state index in [1.54, 1.807) is 6.07 Å². The molecule has 0 bridgehead atoms. The summed E-state index contributed by atoms with van der Waals surface area (Å²) in [5, 5.41) is 19.7. The molecule has 0 saturated heterocycles. The predicted molar refractivity (Wildman–Crippen MR) is 80.8 cm³/mol. The fourth-order valence-electron chi connectivity index (χ4n) is 2.00. The molecule has 0 unspecified atom stereocenters. The van der Waals surface area contributed by atoms with E-state index >= 15 is 0 Å². The van der Waals surface area contributed by atoms with Gasteiger partial charge in [-0.15, -0.1) is 0 Å². The molecular formula is C16H17BrO2. The summed E-state index contributed by atoms with van der Waals surface area (Å²) in [4.78, 5) is 0. The Balaban J connectivity index is 2.14. The van der Waals surface area contributed by atoms with Crippen molar-refractivity contribution in [2.75, 3.05) is 0 Å². The third-order valence-electron chi connectivity index (χ3n) is 3.35. The molecule has 0 aromatic heterocycles. The molecular weight excluding hydrogens is 304 g/mol. The summed E-state index contributed by atoms with van der Waals surface area (Å²) in [5.41, 5.74) is 3.88. The Labute approximate surface area is 121 Å². The lowest BCUT2D eigenvalue weighted by atomic mass is 10.0. The van der Waals surface area contributed by atoms with Crippen molar-refractivity contribution in [1.29, 1.82) is 0 Å². The minimum absolute atomic E-state index is 0.316. The molecule has 0 spiro atoms. The van der Waals surface area contributed by atoms with E-state index < -0.39 is 0 Å². The molecule has 2 N–H and O–H groups in total. The number of phenols is 2. The highest BCUT2D eigenvalue weighted by Crippen LogP contribution is 2.31. The van der Waals surface area contributed by atoms with Crippen molar-refractivity contribution in [1.82, 2.24) is 0 Å². The van der Waals surface area contributed by atoms with E-state index in [1.165, 1.54) is 0 Å². The minimum Gasteiger partial charge on any atom is -0.508 e. The Bertz CT molecular complexity index is 606. The molecule has 2 aromatic carbocycles. The van der Waals surface area contributed by atoms with Crippen molar-refractivity contribution in [2.24, 2.45) is 0 Å². The molecule has 0 fully saturated rings. The molecule has 100 valence electrons. The second kappa shape index (κ2) is 5.66. The lowest BCUT2D eigenvalue weighted by molar-refractivity contribution is 0.463. The summed E-state index contributed by atoms with van der Waals surface area (Å²) in [7, 11) is 0. The van der Waals surface area contributed by atoms with Gasteiger partial charge in [0.15, 0.2) is 0 Å². The number of rotatable bonds is 3. The normalized spacial score (nSPS) is 10.7. The van der Waals surface area contributed by atoms with E-state index in [0.29, 0.717) is 11.5 Å².